The quantitative estimate of drug-likeness (QED) is 0.627. The number of carbonyl (C=O) groups is 1. The van der Waals surface area contributed by atoms with Crippen molar-refractivity contribution in [1.29, 1.82) is 0 Å². The third-order valence-corrected chi connectivity index (χ3v) is 6.61. The van der Waals surface area contributed by atoms with Gasteiger partial charge in [-0.1, -0.05) is 22.9 Å². The van der Waals surface area contributed by atoms with Crippen LogP contribution in [0.2, 0.25) is 0 Å². The fraction of sp³-hybridized carbons (Fsp3) is 0.522. The number of amides is 1. The molecular weight excluding hydrogens is 442 g/mol. The van der Waals surface area contributed by atoms with Crippen LogP contribution in [0, 0.1) is 12.3 Å². The lowest BCUT2D eigenvalue weighted by molar-refractivity contribution is 0.102. The summed E-state index contributed by atoms with van der Waals surface area (Å²) in [5.41, 5.74) is 2.98. The Labute approximate surface area is 187 Å². The van der Waals surface area contributed by atoms with Crippen LogP contribution in [-0.2, 0) is 0 Å². The SMILES string of the molecule is Cc1cc2nc(n1)NCCCCCN(CCC1(C)CC1)c1cc(Br)ccc1C(=O)N2. The Balaban J connectivity index is 1.66. The highest BCUT2D eigenvalue weighted by Crippen LogP contribution is 2.48. The zero-order chi connectivity index (χ0) is 21.1. The number of nitrogens with zero attached hydrogens (tertiary/aromatic N) is 3. The van der Waals surface area contributed by atoms with Crippen molar-refractivity contribution >= 4 is 39.3 Å². The molecule has 7 heteroatoms. The average molecular weight is 472 g/mol. The second-order valence-electron chi connectivity index (χ2n) is 8.87. The van der Waals surface area contributed by atoms with E-state index in [1.54, 1.807) is 6.07 Å². The van der Waals surface area contributed by atoms with Crippen LogP contribution in [0.15, 0.2) is 28.7 Å². The van der Waals surface area contributed by atoms with E-state index < -0.39 is 0 Å². The summed E-state index contributed by atoms with van der Waals surface area (Å²) in [6.07, 6.45) is 7.06. The Morgan fingerprint density at radius 3 is 2.80 bits per heavy atom. The van der Waals surface area contributed by atoms with Gasteiger partial charge in [0.05, 0.1) is 11.3 Å². The van der Waals surface area contributed by atoms with Crippen molar-refractivity contribution < 1.29 is 4.79 Å². The number of aromatic nitrogens is 2. The van der Waals surface area contributed by atoms with Crippen molar-refractivity contribution in [1.82, 2.24) is 9.97 Å². The molecular formula is C23H30BrN5O. The van der Waals surface area contributed by atoms with Crippen LogP contribution >= 0.6 is 15.9 Å². The molecule has 0 spiro atoms. The maximum absolute atomic E-state index is 13.2. The van der Waals surface area contributed by atoms with Gasteiger partial charge in [0.2, 0.25) is 5.95 Å². The molecule has 0 radical (unpaired) electrons. The van der Waals surface area contributed by atoms with E-state index in [0.717, 1.165) is 61.2 Å². The highest BCUT2D eigenvalue weighted by Gasteiger charge is 2.37. The van der Waals surface area contributed by atoms with Gasteiger partial charge < -0.3 is 15.5 Å². The van der Waals surface area contributed by atoms with Crippen molar-refractivity contribution in [3.05, 3.63) is 40.0 Å². The molecule has 6 nitrogen and oxygen atoms in total. The first-order valence-corrected chi connectivity index (χ1v) is 11.7. The zero-order valence-electron chi connectivity index (χ0n) is 17.8. The molecule has 2 bridgehead atoms. The summed E-state index contributed by atoms with van der Waals surface area (Å²) in [6, 6.07) is 7.72. The van der Waals surface area contributed by atoms with E-state index >= 15 is 0 Å². The van der Waals surface area contributed by atoms with Crippen LogP contribution in [0.25, 0.3) is 0 Å². The van der Waals surface area contributed by atoms with Gasteiger partial charge in [-0.3, -0.25) is 4.79 Å². The summed E-state index contributed by atoms with van der Waals surface area (Å²) in [6.45, 7) is 7.04. The van der Waals surface area contributed by atoms with Crippen LogP contribution in [0.5, 0.6) is 0 Å². The Kier molecular flexibility index (Phi) is 6.27. The van der Waals surface area contributed by atoms with Crippen LogP contribution in [0.1, 0.15) is 61.5 Å². The number of hydrogen-bond acceptors (Lipinski definition) is 5. The van der Waals surface area contributed by atoms with Crippen LogP contribution < -0.4 is 15.5 Å². The number of nitrogens with one attached hydrogen (secondary N) is 2. The number of rotatable bonds is 3. The Morgan fingerprint density at radius 1 is 1.17 bits per heavy atom. The van der Waals surface area contributed by atoms with Gasteiger partial charge in [-0.15, -0.1) is 0 Å². The van der Waals surface area contributed by atoms with Gasteiger partial charge in [0.1, 0.15) is 5.82 Å². The van der Waals surface area contributed by atoms with Gasteiger partial charge in [0, 0.05) is 35.9 Å². The fourth-order valence-corrected chi connectivity index (χ4v) is 4.23. The molecule has 0 atom stereocenters. The molecule has 1 aromatic carbocycles. The first-order chi connectivity index (χ1) is 14.4. The van der Waals surface area contributed by atoms with Crippen LogP contribution in [0.3, 0.4) is 0 Å². The molecule has 1 fully saturated rings. The van der Waals surface area contributed by atoms with Crippen molar-refractivity contribution in [2.75, 3.05) is 35.2 Å². The second kappa shape index (κ2) is 8.92. The summed E-state index contributed by atoms with van der Waals surface area (Å²) in [5.74, 6) is 0.955. The molecule has 0 unspecified atom stereocenters. The molecule has 0 saturated heterocycles. The summed E-state index contributed by atoms with van der Waals surface area (Å²) in [4.78, 5) is 24.5. The van der Waals surface area contributed by atoms with E-state index in [0.29, 0.717) is 22.7 Å². The normalized spacial score (nSPS) is 18.6. The van der Waals surface area contributed by atoms with E-state index in [2.05, 4.69) is 54.4 Å². The standard InChI is InChI=1S/C23H30BrN5O/c1-16-14-20-27-21(30)18-7-6-17(24)15-19(18)29(13-10-23(2)8-9-23)12-5-3-4-11-25-22(26-16)28-20/h6-7,14-15H,3-5,8-13H2,1-2H3,(H2,25,26,27,28,30). The molecule has 160 valence electrons. The highest BCUT2D eigenvalue weighted by atomic mass is 79.9. The van der Waals surface area contributed by atoms with Gasteiger partial charge in [-0.25, -0.2) is 4.98 Å². The zero-order valence-corrected chi connectivity index (χ0v) is 19.4. The number of halogens is 1. The van der Waals surface area contributed by atoms with Crippen molar-refractivity contribution in [2.45, 2.75) is 52.4 Å². The Hall–Kier alpha value is -2.15. The molecule has 2 aliphatic rings. The number of aryl methyl sites for hydroxylation is 1. The van der Waals surface area contributed by atoms with E-state index in [9.17, 15) is 4.79 Å². The fourth-order valence-electron chi connectivity index (χ4n) is 3.88. The van der Waals surface area contributed by atoms with E-state index in [1.807, 2.05) is 19.1 Å². The third kappa shape index (κ3) is 5.31. The first-order valence-electron chi connectivity index (χ1n) is 10.9. The lowest BCUT2D eigenvalue weighted by atomic mass is 10.0. The molecule has 1 saturated carbocycles. The lowest BCUT2D eigenvalue weighted by Gasteiger charge is -2.28. The maximum Gasteiger partial charge on any atom is 0.258 e. The molecule has 2 heterocycles. The van der Waals surface area contributed by atoms with Gasteiger partial charge in [0.15, 0.2) is 0 Å². The smallest absolute Gasteiger partial charge is 0.258 e. The van der Waals surface area contributed by atoms with Crippen LogP contribution in [-0.4, -0.2) is 35.5 Å². The highest BCUT2D eigenvalue weighted by molar-refractivity contribution is 9.10. The van der Waals surface area contributed by atoms with Crippen molar-refractivity contribution in [2.24, 2.45) is 5.41 Å². The first kappa shape index (κ1) is 21.1. The molecule has 4 rings (SSSR count). The molecule has 1 aliphatic carbocycles. The number of hydrogen-bond donors (Lipinski definition) is 2. The van der Waals surface area contributed by atoms with Gasteiger partial charge >= 0.3 is 0 Å². The topological polar surface area (TPSA) is 70.2 Å². The van der Waals surface area contributed by atoms with E-state index in [-0.39, 0.29) is 5.91 Å². The second-order valence-corrected chi connectivity index (χ2v) is 9.78. The predicted molar refractivity (Wildman–Crippen MR) is 125 cm³/mol. The maximum atomic E-state index is 13.2. The van der Waals surface area contributed by atoms with Crippen molar-refractivity contribution in [3.8, 4) is 0 Å². The van der Waals surface area contributed by atoms with Crippen molar-refractivity contribution in [3.63, 3.8) is 0 Å². The third-order valence-electron chi connectivity index (χ3n) is 6.12. The molecule has 1 aromatic heterocycles. The Bertz CT molecular complexity index is 928. The van der Waals surface area contributed by atoms with Gasteiger partial charge in [0.25, 0.3) is 5.91 Å². The lowest BCUT2D eigenvalue weighted by Crippen LogP contribution is -2.30. The summed E-state index contributed by atoms with van der Waals surface area (Å²) >= 11 is 3.61. The number of fused-ring (bicyclic) bond motifs is 3. The van der Waals surface area contributed by atoms with E-state index in [4.69, 9.17) is 0 Å². The monoisotopic (exact) mass is 471 g/mol. The largest absolute Gasteiger partial charge is 0.371 e. The molecule has 1 aliphatic heterocycles. The number of anilines is 3. The average Bonchev–Trinajstić information content (AvgIpc) is 3.43. The Morgan fingerprint density at radius 2 is 2.00 bits per heavy atom. The van der Waals surface area contributed by atoms with Gasteiger partial charge in [-0.2, -0.15) is 4.98 Å². The van der Waals surface area contributed by atoms with Crippen LogP contribution in [0.4, 0.5) is 17.5 Å². The number of carbonyl (C=O) groups excluding carboxylic acids is 1. The molecule has 2 aromatic rings. The predicted octanol–water partition coefficient (Wildman–Crippen LogP) is 5.39. The number of benzene rings is 1. The minimum Gasteiger partial charge on any atom is -0.371 e. The minimum absolute atomic E-state index is 0.138. The minimum atomic E-state index is -0.138. The van der Waals surface area contributed by atoms with E-state index in [1.165, 1.54) is 12.8 Å². The van der Waals surface area contributed by atoms with Gasteiger partial charge in [-0.05, 0) is 69.1 Å². The molecule has 2 N–H and O–H groups in total. The summed E-state index contributed by atoms with van der Waals surface area (Å²) in [5, 5.41) is 6.28. The molecule has 1 amide bonds. The molecule has 30 heavy (non-hydrogen) atoms. The summed E-state index contributed by atoms with van der Waals surface area (Å²) < 4.78 is 0.988. The summed E-state index contributed by atoms with van der Waals surface area (Å²) in [7, 11) is 0.